The van der Waals surface area contributed by atoms with Crippen molar-refractivity contribution in [3.8, 4) is 0 Å². The summed E-state index contributed by atoms with van der Waals surface area (Å²) in [6, 6.07) is 9.62. The molecule has 46 valence electrons. The molecule has 0 spiro atoms. The minimum absolute atomic E-state index is 0. The summed E-state index contributed by atoms with van der Waals surface area (Å²) >= 11 is 4.81. The second kappa shape index (κ2) is 3.90. The number of benzene rings is 1. The molecule has 0 bridgehead atoms. The molecular formula is C6H5CuS. The molecule has 0 heterocycles. The first kappa shape index (κ1) is 7.96. The van der Waals surface area contributed by atoms with Gasteiger partial charge in [0.15, 0.2) is 0 Å². The van der Waals surface area contributed by atoms with Gasteiger partial charge in [-0.2, -0.15) is 4.90 Å². The van der Waals surface area contributed by atoms with Crippen molar-refractivity contribution in [3.05, 3.63) is 30.3 Å². The largest absolute Gasteiger partial charge is 1.00 e. The molecule has 2 heteroatoms. The van der Waals surface area contributed by atoms with Gasteiger partial charge in [-0.15, -0.1) is 0 Å². The van der Waals surface area contributed by atoms with Crippen molar-refractivity contribution in [2.75, 3.05) is 0 Å². The first-order chi connectivity index (χ1) is 3.39. The zero-order valence-electron chi connectivity index (χ0n) is 4.10. The fourth-order valence-corrected chi connectivity index (χ4v) is 0.578. The van der Waals surface area contributed by atoms with Crippen LogP contribution in [0.15, 0.2) is 35.2 Å². The van der Waals surface area contributed by atoms with Gasteiger partial charge in [0, 0.05) is 0 Å². The average molecular weight is 173 g/mol. The summed E-state index contributed by atoms with van der Waals surface area (Å²) in [5.74, 6) is 0. The van der Waals surface area contributed by atoms with E-state index in [1.165, 1.54) is 0 Å². The van der Waals surface area contributed by atoms with Crippen molar-refractivity contribution in [2.45, 2.75) is 4.90 Å². The van der Waals surface area contributed by atoms with Gasteiger partial charge in [-0.1, -0.05) is 30.3 Å². The van der Waals surface area contributed by atoms with E-state index >= 15 is 0 Å². The van der Waals surface area contributed by atoms with E-state index < -0.39 is 0 Å². The van der Waals surface area contributed by atoms with Gasteiger partial charge in [-0.3, -0.25) is 0 Å². The topological polar surface area (TPSA) is 0 Å². The Bertz CT molecular complexity index is 138. The summed E-state index contributed by atoms with van der Waals surface area (Å²) in [4.78, 5) is 0.905. The van der Waals surface area contributed by atoms with Crippen LogP contribution in [0.1, 0.15) is 0 Å². The van der Waals surface area contributed by atoms with Crippen molar-refractivity contribution < 1.29 is 17.1 Å². The quantitative estimate of drug-likeness (QED) is 0.423. The third-order valence-electron chi connectivity index (χ3n) is 0.743. The molecule has 1 aromatic rings. The molecule has 0 aromatic heterocycles. The molecule has 0 aliphatic heterocycles. The van der Waals surface area contributed by atoms with Gasteiger partial charge in [0.2, 0.25) is 0 Å². The molecular weight excluding hydrogens is 168 g/mol. The summed E-state index contributed by atoms with van der Waals surface area (Å²) in [7, 11) is 0. The normalized spacial score (nSPS) is 7.50. The van der Waals surface area contributed by atoms with E-state index in [0.717, 1.165) is 4.90 Å². The molecule has 0 radical (unpaired) electrons. The van der Waals surface area contributed by atoms with Crippen LogP contribution >= 0.6 is 0 Å². The minimum Gasteiger partial charge on any atom is -0.780 e. The van der Waals surface area contributed by atoms with Gasteiger partial charge >= 0.3 is 17.1 Å². The Balaban J connectivity index is 0.000000490. The fraction of sp³-hybridized carbons (Fsp3) is 0. The van der Waals surface area contributed by atoms with Crippen molar-refractivity contribution in [2.24, 2.45) is 0 Å². The van der Waals surface area contributed by atoms with E-state index in [1.807, 2.05) is 30.3 Å². The standard InChI is InChI=1S/C6H6S.Cu/c7-6-4-2-1-3-5-6;/h1-5,7H;/q;+1/p-1. The predicted molar refractivity (Wildman–Crippen MR) is 32.1 cm³/mol. The summed E-state index contributed by atoms with van der Waals surface area (Å²) < 4.78 is 0. The molecule has 0 fully saturated rings. The van der Waals surface area contributed by atoms with Gasteiger partial charge in [0.1, 0.15) is 0 Å². The molecule has 0 saturated heterocycles. The molecule has 0 N–H and O–H groups in total. The molecule has 8 heavy (non-hydrogen) atoms. The maximum absolute atomic E-state index is 4.81. The van der Waals surface area contributed by atoms with Crippen LogP contribution in [-0.4, -0.2) is 0 Å². The molecule has 0 aliphatic carbocycles. The molecule has 0 atom stereocenters. The first-order valence-electron chi connectivity index (χ1n) is 2.11. The maximum atomic E-state index is 4.81. The van der Waals surface area contributed by atoms with Crippen LogP contribution in [0.3, 0.4) is 0 Å². The molecule has 0 saturated carbocycles. The Morgan fingerprint density at radius 1 is 1.00 bits per heavy atom. The van der Waals surface area contributed by atoms with Gasteiger partial charge in [-0.25, -0.2) is 0 Å². The zero-order valence-corrected chi connectivity index (χ0v) is 5.85. The molecule has 0 nitrogen and oxygen atoms in total. The van der Waals surface area contributed by atoms with Crippen LogP contribution in [0.5, 0.6) is 0 Å². The summed E-state index contributed by atoms with van der Waals surface area (Å²) in [5.41, 5.74) is 0. The monoisotopic (exact) mass is 172 g/mol. The molecule has 1 aromatic carbocycles. The van der Waals surface area contributed by atoms with Crippen molar-refractivity contribution in [1.82, 2.24) is 0 Å². The average Bonchev–Trinajstić information content (AvgIpc) is 1.69. The molecule has 0 unspecified atom stereocenters. The fourth-order valence-electron chi connectivity index (χ4n) is 0.420. The Morgan fingerprint density at radius 2 is 1.50 bits per heavy atom. The maximum Gasteiger partial charge on any atom is 1.00 e. The van der Waals surface area contributed by atoms with Crippen LogP contribution in [0.25, 0.3) is 0 Å². The van der Waals surface area contributed by atoms with E-state index in [2.05, 4.69) is 0 Å². The van der Waals surface area contributed by atoms with Crippen molar-refractivity contribution >= 4 is 12.6 Å². The Hall–Kier alpha value is -0.0405. The van der Waals surface area contributed by atoms with E-state index in [1.54, 1.807) is 0 Å². The summed E-state index contributed by atoms with van der Waals surface area (Å²) in [6.07, 6.45) is 0. The predicted octanol–water partition coefficient (Wildman–Crippen LogP) is 1.59. The Kier molecular flexibility index (Phi) is 3.88. The second-order valence-electron chi connectivity index (χ2n) is 1.31. The van der Waals surface area contributed by atoms with Crippen molar-refractivity contribution in [3.63, 3.8) is 0 Å². The van der Waals surface area contributed by atoms with Gasteiger partial charge in [0.05, 0.1) is 0 Å². The van der Waals surface area contributed by atoms with E-state index in [-0.39, 0.29) is 17.1 Å². The minimum atomic E-state index is 0. The number of rotatable bonds is 0. The van der Waals surface area contributed by atoms with Gasteiger partial charge in [-0.05, 0) is 0 Å². The molecule has 1 rings (SSSR count). The Labute approximate surface area is 65.2 Å². The SMILES string of the molecule is [Cu+].[S-]c1ccccc1. The second-order valence-corrected chi connectivity index (χ2v) is 1.78. The van der Waals surface area contributed by atoms with Gasteiger partial charge < -0.3 is 12.6 Å². The molecule has 0 aliphatic rings. The van der Waals surface area contributed by atoms with Crippen molar-refractivity contribution in [1.29, 1.82) is 0 Å². The third-order valence-corrected chi connectivity index (χ3v) is 1.02. The van der Waals surface area contributed by atoms with Crippen LogP contribution in [0.4, 0.5) is 0 Å². The third kappa shape index (κ3) is 2.31. The van der Waals surface area contributed by atoms with Crippen LogP contribution in [0, 0.1) is 0 Å². The molecule has 0 amide bonds. The van der Waals surface area contributed by atoms with Crippen LogP contribution in [-0.2, 0) is 29.7 Å². The summed E-state index contributed by atoms with van der Waals surface area (Å²) in [5, 5.41) is 0. The van der Waals surface area contributed by atoms with Crippen LogP contribution in [0.2, 0.25) is 0 Å². The van der Waals surface area contributed by atoms with E-state index in [4.69, 9.17) is 12.6 Å². The van der Waals surface area contributed by atoms with E-state index in [0.29, 0.717) is 0 Å². The van der Waals surface area contributed by atoms with Crippen LogP contribution < -0.4 is 0 Å². The summed E-state index contributed by atoms with van der Waals surface area (Å²) in [6.45, 7) is 0. The first-order valence-corrected chi connectivity index (χ1v) is 2.52. The Morgan fingerprint density at radius 3 is 1.75 bits per heavy atom. The smallest absolute Gasteiger partial charge is 0.780 e. The van der Waals surface area contributed by atoms with Gasteiger partial charge in [0.25, 0.3) is 0 Å². The zero-order chi connectivity index (χ0) is 5.11. The van der Waals surface area contributed by atoms with E-state index in [9.17, 15) is 0 Å². The number of hydrogen-bond donors (Lipinski definition) is 0. The number of hydrogen-bond acceptors (Lipinski definition) is 1.